The van der Waals surface area contributed by atoms with Gasteiger partial charge in [0, 0.05) is 12.4 Å². The Balaban J connectivity index is 3.17. The van der Waals surface area contributed by atoms with Crippen LogP contribution < -0.4 is 5.14 Å². The third-order valence-electron chi connectivity index (χ3n) is 1.79. The standard InChI is InChI=1S/C9H14N2O2S/c1-7(2)5-8-6-11-4-3-9(8)14(10,12)13/h3-4,6-7H,5H2,1-2H3,(H2,10,12,13). The van der Waals surface area contributed by atoms with Crippen molar-refractivity contribution in [2.75, 3.05) is 0 Å². The Morgan fingerprint density at radius 1 is 1.50 bits per heavy atom. The molecule has 5 heteroatoms. The van der Waals surface area contributed by atoms with Gasteiger partial charge in [0.2, 0.25) is 10.0 Å². The maximum Gasteiger partial charge on any atom is 0.238 e. The van der Waals surface area contributed by atoms with Crippen LogP contribution in [0.4, 0.5) is 0 Å². The lowest BCUT2D eigenvalue weighted by Crippen LogP contribution is -2.15. The number of hydrogen-bond acceptors (Lipinski definition) is 3. The van der Waals surface area contributed by atoms with Crippen molar-refractivity contribution in [1.29, 1.82) is 0 Å². The molecule has 0 fully saturated rings. The number of pyridine rings is 1. The van der Waals surface area contributed by atoms with E-state index in [1.807, 2.05) is 13.8 Å². The molecule has 0 saturated carbocycles. The van der Waals surface area contributed by atoms with Crippen molar-refractivity contribution < 1.29 is 8.42 Å². The second kappa shape index (κ2) is 4.06. The lowest BCUT2D eigenvalue weighted by Gasteiger charge is -2.08. The SMILES string of the molecule is CC(C)Cc1cnccc1S(N)(=O)=O. The van der Waals surface area contributed by atoms with E-state index < -0.39 is 10.0 Å². The number of nitrogens with zero attached hydrogens (tertiary/aromatic N) is 1. The minimum Gasteiger partial charge on any atom is -0.264 e. The van der Waals surface area contributed by atoms with Gasteiger partial charge in [0.25, 0.3) is 0 Å². The Labute approximate surface area is 84.2 Å². The summed E-state index contributed by atoms with van der Waals surface area (Å²) in [4.78, 5) is 4.07. The van der Waals surface area contributed by atoms with Crippen LogP contribution in [0.1, 0.15) is 19.4 Å². The number of hydrogen-bond donors (Lipinski definition) is 1. The molecule has 0 bridgehead atoms. The molecular formula is C9H14N2O2S. The van der Waals surface area contributed by atoms with E-state index in [0.717, 1.165) is 0 Å². The number of nitrogens with two attached hydrogens (primary N) is 1. The van der Waals surface area contributed by atoms with Crippen LogP contribution in [0.25, 0.3) is 0 Å². The molecule has 0 aliphatic carbocycles. The monoisotopic (exact) mass is 214 g/mol. The van der Waals surface area contributed by atoms with E-state index in [2.05, 4.69) is 4.98 Å². The lowest BCUT2D eigenvalue weighted by molar-refractivity contribution is 0.591. The largest absolute Gasteiger partial charge is 0.264 e. The van der Waals surface area contributed by atoms with Crippen LogP contribution in [-0.4, -0.2) is 13.4 Å². The first kappa shape index (κ1) is 11.1. The summed E-state index contributed by atoms with van der Waals surface area (Å²) in [6.45, 7) is 4.03. The highest BCUT2D eigenvalue weighted by Crippen LogP contribution is 2.15. The van der Waals surface area contributed by atoms with Gasteiger partial charge in [-0.05, 0) is 24.0 Å². The smallest absolute Gasteiger partial charge is 0.238 e. The molecule has 0 amide bonds. The van der Waals surface area contributed by atoms with Gasteiger partial charge in [0.1, 0.15) is 0 Å². The van der Waals surface area contributed by atoms with E-state index >= 15 is 0 Å². The number of primary sulfonamides is 1. The van der Waals surface area contributed by atoms with Gasteiger partial charge in [0.15, 0.2) is 0 Å². The molecule has 0 aliphatic rings. The van der Waals surface area contributed by atoms with Crippen LogP contribution in [-0.2, 0) is 16.4 Å². The van der Waals surface area contributed by atoms with Gasteiger partial charge >= 0.3 is 0 Å². The van der Waals surface area contributed by atoms with Gasteiger partial charge in [-0.25, -0.2) is 13.6 Å². The maximum absolute atomic E-state index is 11.2. The van der Waals surface area contributed by atoms with E-state index in [-0.39, 0.29) is 4.90 Å². The van der Waals surface area contributed by atoms with Gasteiger partial charge in [-0.3, -0.25) is 4.98 Å². The average Bonchev–Trinajstić information content (AvgIpc) is 2.01. The summed E-state index contributed by atoms with van der Waals surface area (Å²) in [5.74, 6) is 0.375. The summed E-state index contributed by atoms with van der Waals surface area (Å²) in [5.41, 5.74) is 0.685. The predicted octanol–water partition coefficient (Wildman–Crippen LogP) is 0.928. The van der Waals surface area contributed by atoms with Crippen LogP contribution in [0.5, 0.6) is 0 Å². The molecule has 14 heavy (non-hydrogen) atoms. The fourth-order valence-electron chi connectivity index (χ4n) is 1.29. The first-order chi connectivity index (χ1) is 6.41. The van der Waals surface area contributed by atoms with Crippen molar-refractivity contribution in [1.82, 2.24) is 4.98 Å². The van der Waals surface area contributed by atoms with Gasteiger partial charge < -0.3 is 0 Å². The Morgan fingerprint density at radius 2 is 2.14 bits per heavy atom. The molecule has 0 aromatic carbocycles. The van der Waals surface area contributed by atoms with E-state index in [1.54, 1.807) is 6.20 Å². The van der Waals surface area contributed by atoms with Gasteiger partial charge in [-0.2, -0.15) is 0 Å². The van der Waals surface area contributed by atoms with E-state index in [1.165, 1.54) is 12.3 Å². The average molecular weight is 214 g/mol. The van der Waals surface area contributed by atoms with Gasteiger partial charge in [-0.15, -0.1) is 0 Å². The molecule has 1 rings (SSSR count). The molecule has 1 heterocycles. The van der Waals surface area contributed by atoms with E-state index in [0.29, 0.717) is 17.9 Å². The zero-order valence-corrected chi connectivity index (χ0v) is 9.08. The molecule has 0 spiro atoms. The molecule has 1 aromatic rings. The van der Waals surface area contributed by atoms with E-state index in [4.69, 9.17) is 5.14 Å². The first-order valence-corrected chi connectivity index (χ1v) is 5.91. The molecule has 78 valence electrons. The molecule has 0 aliphatic heterocycles. The molecule has 0 unspecified atom stereocenters. The summed E-state index contributed by atoms with van der Waals surface area (Å²) in [6.07, 6.45) is 3.66. The molecule has 1 aromatic heterocycles. The molecule has 0 atom stereocenters. The summed E-state index contributed by atoms with van der Waals surface area (Å²) in [7, 11) is -3.62. The first-order valence-electron chi connectivity index (χ1n) is 4.37. The molecular weight excluding hydrogens is 200 g/mol. The summed E-state index contributed by atoms with van der Waals surface area (Å²) < 4.78 is 22.4. The minimum atomic E-state index is -3.62. The quantitative estimate of drug-likeness (QED) is 0.813. The highest BCUT2D eigenvalue weighted by atomic mass is 32.2. The molecule has 0 saturated heterocycles. The van der Waals surface area contributed by atoms with E-state index in [9.17, 15) is 8.42 Å². The van der Waals surface area contributed by atoms with Crippen molar-refractivity contribution in [3.63, 3.8) is 0 Å². The zero-order chi connectivity index (χ0) is 10.8. The van der Waals surface area contributed by atoms with Crippen LogP contribution in [0, 0.1) is 5.92 Å². The van der Waals surface area contributed by atoms with Crippen LogP contribution in [0.15, 0.2) is 23.4 Å². The fraction of sp³-hybridized carbons (Fsp3) is 0.444. The predicted molar refractivity (Wildman–Crippen MR) is 54.2 cm³/mol. The second-order valence-corrected chi connectivity index (χ2v) is 5.16. The number of rotatable bonds is 3. The molecule has 0 radical (unpaired) electrons. The normalized spacial score (nSPS) is 12.0. The Morgan fingerprint density at radius 3 is 2.64 bits per heavy atom. The third kappa shape index (κ3) is 2.78. The maximum atomic E-state index is 11.2. The number of aromatic nitrogens is 1. The van der Waals surface area contributed by atoms with Crippen molar-refractivity contribution >= 4 is 10.0 Å². The Hall–Kier alpha value is -0.940. The zero-order valence-electron chi connectivity index (χ0n) is 8.27. The van der Waals surface area contributed by atoms with Crippen LogP contribution >= 0.6 is 0 Å². The van der Waals surface area contributed by atoms with Gasteiger partial charge in [-0.1, -0.05) is 13.8 Å². The lowest BCUT2D eigenvalue weighted by atomic mass is 10.1. The van der Waals surface area contributed by atoms with Crippen molar-refractivity contribution in [2.24, 2.45) is 11.1 Å². The van der Waals surface area contributed by atoms with Crippen molar-refractivity contribution in [2.45, 2.75) is 25.2 Å². The Bertz CT molecular complexity index is 413. The van der Waals surface area contributed by atoms with Crippen molar-refractivity contribution in [3.8, 4) is 0 Å². The highest BCUT2D eigenvalue weighted by Gasteiger charge is 2.13. The highest BCUT2D eigenvalue weighted by molar-refractivity contribution is 7.89. The van der Waals surface area contributed by atoms with Crippen molar-refractivity contribution in [3.05, 3.63) is 24.0 Å². The van der Waals surface area contributed by atoms with Gasteiger partial charge in [0.05, 0.1) is 4.90 Å². The van der Waals surface area contributed by atoms with Crippen LogP contribution in [0.3, 0.4) is 0 Å². The van der Waals surface area contributed by atoms with Crippen LogP contribution in [0.2, 0.25) is 0 Å². The Kier molecular flexibility index (Phi) is 3.23. The summed E-state index contributed by atoms with van der Waals surface area (Å²) in [6, 6.07) is 1.44. The second-order valence-electron chi connectivity index (χ2n) is 3.63. The minimum absolute atomic E-state index is 0.182. The topological polar surface area (TPSA) is 73.0 Å². The molecule has 4 nitrogen and oxygen atoms in total. The third-order valence-corrected chi connectivity index (χ3v) is 2.80. The molecule has 2 N–H and O–H groups in total. The fourth-order valence-corrected chi connectivity index (χ4v) is 2.04. The number of sulfonamides is 1. The summed E-state index contributed by atoms with van der Waals surface area (Å²) >= 11 is 0. The summed E-state index contributed by atoms with van der Waals surface area (Å²) in [5, 5.41) is 5.08.